The zero-order chi connectivity index (χ0) is 15.5. The molecule has 1 N–H and O–H groups in total. The molecule has 2 rings (SSSR count). The monoisotopic (exact) mass is 290 g/mol. The largest absolute Gasteiger partial charge is 0.478 e. The molecule has 0 bridgehead atoms. The van der Waals surface area contributed by atoms with Crippen LogP contribution in [0.4, 0.5) is 5.82 Å². The van der Waals surface area contributed by atoms with E-state index >= 15 is 0 Å². The zero-order valence-electron chi connectivity index (χ0n) is 13.4. The van der Waals surface area contributed by atoms with E-state index in [1.54, 1.807) is 12.1 Å². The van der Waals surface area contributed by atoms with Gasteiger partial charge >= 0.3 is 5.97 Å². The van der Waals surface area contributed by atoms with Crippen molar-refractivity contribution in [2.45, 2.75) is 52.9 Å². The zero-order valence-corrected chi connectivity index (χ0v) is 13.4. The number of anilines is 1. The highest BCUT2D eigenvalue weighted by molar-refractivity contribution is 5.88. The molecule has 2 heterocycles. The Balaban J connectivity index is 2.29. The van der Waals surface area contributed by atoms with Crippen molar-refractivity contribution in [3.05, 3.63) is 23.4 Å². The average Bonchev–Trinajstić information content (AvgIpc) is 2.92. The van der Waals surface area contributed by atoms with E-state index < -0.39 is 5.97 Å². The van der Waals surface area contributed by atoms with Crippen LogP contribution in [0.15, 0.2) is 12.1 Å². The molecule has 4 nitrogen and oxygen atoms in total. The van der Waals surface area contributed by atoms with Gasteiger partial charge in [-0.1, -0.05) is 27.2 Å². The number of carboxylic acids is 1. The highest BCUT2D eigenvalue weighted by atomic mass is 16.4. The molecule has 0 radical (unpaired) electrons. The van der Waals surface area contributed by atoms with Gasteiger partial charge in [-0.2, -0.15) is 0 Å². The first kappa shape index (κ1) is 15.8. The van der Waals surface area contributed by atoms with Gasteiger partial charge in [-0.3, -0.25) is 0 Å². The van der Waals surface area contributed by atoms with Crippen molar-refractivity contribution in [2.75, 3.05) is 18.0 Å². The smallest absolute Gasteiger partial charge is 0.335 e. The lowest BCUT2D eigenvalue weighted by Crippen LogP contribution is -2.27. The number of aromatic nitrogens is 1. The minimum Gasteiger partial charge on any atom is -0.478 e. The third kappa shape index (κ3) is 3.36. The van der Waals surface area contributed by atoms with Crippen molar-refractivity contribution in [3.63, 3.8) is 0 Å². The third-order valence-electron chi connectivity index (χ3n) is 4.88. The highest BCUT2D eigenvalue weighted by Crippen LogP contribution is 2.38. The van der Waals surface area contributed by atoms with Gasteiger partial charge in [0.15, 0.2) is 0 Å². The Kier molecular flexibility index (Phi) is 4.86. The van der Waals surface area contributed by atoms with Crippen LogP contribution in [0, 0.1) is 5.41 Å². The van der Waals surface area contributed by atoms with Crippen LogP contribution in [0.3, 0.4) is 0 Å². The second-order valence-corrected chi connectivity index (χ2v) is 6.14. The van der Waals surface area contributed by atoms with E-state index in [9.17, 15) is 9.90 Å². The van der Waals surface area contributed by atoms with Crippen LogP contribution < -0.4 is 4.90 Å². The minimum absolute atomic E-state index is 0.356. The molecule has 21 heavy (non-hydrogen) atoms. The van der Waals surface area contributed by atoms with Crippen LogP contribution in [0.2, 0.25) is 0 Å². The Morgan fingerprint density at radius 2 is 2.05 bits per heavy atom. The van der Waals surface area contributed by atoms with Gasteiger partial charge in [0.2, 0.25) is 0 Å². The maximum atomic E-state index is 11.3. The Morgan fingerprint density at radius 3 is 2.57 bits per heavy atom. The number of hydrogen-bond acceptors (Lipinski definition) is 3. The van der Waals surface area contributed by atoms with E-state index in [4.69, 9.17) is 0 Å². The number of aryl methyl sites for hydroxylation is 1. The van der Waals surface area contributed by atoms with Gasteiger partial charge in [-0.05, 0) is 43.2 Å². The molecule has 0 saturated carbocycles. The minimum atomic E-state index is -0.868. The van der Waals surface area contributed by atoms with Crippen LogP contribution in [0.25, 0.3) is 0 Å². The summed E-state index contributed by atoms with van der Waals surface area (Å²) in [6, 6.07) is 3.43. The van der Waals surface area contributed by atoms with E-state index in [0.29, 0.717) is 11.0 Å². The Labute approximate surface area is 127 Å². The first-order valence-electron chi connectivity index (χ1n) is 8.02. The lowest BCUT2D eigenvalue weighted by molar-refractivity contribution is 0.0696. The quantitative estimate of drug-likeness (QED) is 0.867. The van der Waals surface area contributed by atoms with Crippen LogP contribution >= 0.6 is 0 Å². The predicted molar refractivity (Wildman–Crippen MR) is 85.0 cm³/mol. The molecule has 1 fully saturated rings. The van der Waals surface area contributed by atoms with Gasteiger partial charge in [-0.15, -0.1) is 0 Å². The third-order valence-corrected chi connectivity index (χ3v) is 4.88. The molecule has 116 valence electrons. The van der Waals surface area contributed by atoms with Crippen molar-refractivity contribution in [1.82, 2.24) is 4.98 Å². The van der Waals surface area contributed by atoms with Gasteiger partial charge in [0.25, 0.3) is 0 Å². The van der Waals surface area contributed by atoms with Gasteiger partial charge in [0, 0.05) is 18.8 Å². The van der Waals surface area contributed by atoms with E-state index in [0.717, 1.165) is 37.4 Å². The second-order valence-electron chi connectivity index (χ2n) is 6.14. The lowest BCUT2D eigenvalue weighted by atomic mass is 9.82. The summed E-state index contributed by atoms with van der Waals surface area (Å²) in [6.45, 7) is 8.54. The SMILES string of the molecule is CCCc1cc(C(=O)O)cc(N2CCC(CC)(CC)C2)n1. The maximum absolute atomic E-state index is 11.3. The van der Waals surface area contributed by atoms with Crippen molar-refractivity contribution in [1.29, 1.82) is 0 Å². The maximum Gasteiger partial charge on any atom is 0.335 e. The molecule has 1 aliphatic heterocycles. The second kappa shape index (κ2) is 6.46. The van der Waals surface area contributed by atoms with Crippen molar-refractivity contribution < 1.29 is 9.90 Å². The standard InChI is InChI=1S/C17H26N2O2/c1-4-7-14-10-13(16(20)21)11-15(18-14)19-9-8-17(5-2,6-3)12-19/h10-11H,4-9,12H2,1-3H3,(H,20,21). The summed E-state index contributed by atoms with van der Waals surface area (Å²) in [7, 11) is 0. The van der Waals surface area contributed by atoms with E-state index in [1.165, 1.54) is 19.3 Å². The molecule has 0 aliphatic carbocycles. The number of pyridine rings is 1. The number of nitrogens with zero attached hydrogens (tertiary/aromatic N) is 2. The first-order valence-corrected chi connectivity index (χ1v) is 8.02. The number of hydrogen-bond donors (Lipinski definition) is 1. The van der Waals surface area contributed by atoms with E-state index in [-0.39, 0.29) is 0 Å². The molecule has 0 aromatic carbocycles. The topological polar surface area (TPSA) is 53.4 Å². The molecule has 1 saturated heterocycles. The van der Waals surface area contributed by atoms with Gasteiger partial charge in [0.1, 0.15) is 5.82 Å². The molecule has 0 spiro atoms. The summed E-state index contributed by atoms with van der Waals surface area (Å²) in [5, 5.41) is 9.29. The lowest BCUT2D eigenvalue weighted by Gasteiger charge is -2.27. The fourth-order valence-corrected chi connectivity index (χ4v) is 3.20. The molecule has 1 aliphatic rings. The van der Waals surface area contributed by atoms with Gasteiger partial charge < -0.3 is 10.0 Å². The molecular weight excluding hydrogens is 264 g/mol. The molecule has 1 aromatic rings. The predicted octanol–water partition coefficient (Wildman–Crippen LogP) is 3.75. The average molecular weight is 290 g/mol. The summed E-state index contributed by atoms with van der Waals surface area (Å²) in [5.41, 5.74) is 1.61. The fourth-order valence-electron chi connectivity index (χ4n) is 3.20. The molecular formula is C17H26N2O2. The van der Waals surface area contributed by atoms with Crippen molar-refractivity contribution in [2.24, 2.45) is 5.41 Å². The number of rotatable bonds is 6. The van der Waals surface area contributed by atoms with Crippen LogP contribution in [0.1, 0.15) is 62.5 Å². The van der Waals surface area contributed by atoms with Crippen LogP contribution in [-0.2, 0) is 6.42 Å². The van der Waals surface area contributed by atoms with E-state index in [2.05, 4.69) is 30.7 Å². The summed E-state index contributed by atoms with van der Waals surface area (Å²) in [4.78, 5) is 18.3. The summed E-state index contributed by atoms with van der Waals surface area (Å²) < 4.78 is 0. The Morgan fingerprint density at radius 1 is 1.33 bits per heavy atom. The molecule has 4 heteroatoms. The summed E-state index contributed by atoms with van der Waals surface area (Å²) in [5.74, 6) is -0.0328. The van der Waals surface area contributed by atoms with Gasteiger partial charge in [-0.25, -0.2) is 9.78 Å². The highest BCUT2D eigenvalue weighted by Gasteiger charge is 2.35. The summed E-state index contributed by atoms with van der Waals surface area (Å²) >= 11 is 0. The Hall–Kier alpha value is -1.58. The molecule has 0 amide bonds. The number of carbonyl (C=O) groups is 1. The Bertz CT molecular complexity index is 510. The molecule has 0 unspecified atom stereocenters. The van der Waals surface area contributed by atoms with Crippen LogP contribution in [0.5, 0.6) is 0 Å². The van der Waals surface area contributed by atoms with Gasteiger partial charge in [0.05, 0.1) is 5.56 Å². The normalized spacial score (nSPS) is 17.2. The van der Waals surface area contributed by atoms with Crippen LogP contribution in [-0.4, -0.2) is 29.1 Å². The van der Waals surface area contributed by atoms with Crippen molar-refractivity contribution in [3.8, 4) is 0 Å². The number of aromatic carboxylic acids is 1. The summed E-state index contributed by atoms with van der Waals surface area (Å²) in [6.07, 6.45) is 5.31. The van der Waals surface area contributed by atoms with Crippen molar-refractivity contribution >= 4 is 11.8 Å². The number of carboxylic acid groups (broad SMARTS) is 1. The first-order chi connectivity index (χ1) is 10.0. The fraction of sp³-hybridized carbons (Fsp3) is 0.647. The molecule has 0 atom stereocenters. The van der Waals surface area contributed by atoms with E-state index in [1.807, 2.05) is 0 Å². The molecule has 1 aromatic heterocycles.